The van der Waals surface area contributed by atoms with Gasteiger partial charge < -0.3 is 9.64 Å². The number of nitrogens with one attached hydrogen (secondary N) is 1. The SMILES string of the molecule is COC(=O)c1cc2nc(N(C)C(C)C)c(C)nc2cc1-c1cn[nH]c1. The van der Waals surface area contributed by atoms with Gasteiger partial charge >= 0.3 is 5.97 Å². The van der Waals surface area contributed by atoms with Crippen LogP contribution in [0.1, 0.15) is 29.9 Å². The first-order valence-electron chi connectivity index (χ1n) is 8.05. The van der Waals surface area contributed by atoms with Gasteiger partial charge in [-0.1, -0.05) is 0 Å². The van der Waals surface area contributed by atoms with Crippen LogP contribution in [0.4, 0.5) is 5.82 Å². The van der Waals surface area contributed by atoms with Gasteiger partial charge in [0.1, 0.15) is 0 Å². The summed E-state index contributed by atoms with van der Waals surface area (Å²) < 4.78 is 4.94. The Balaban J connectivity index is 2.25. The Bertz CT molecular complexity index is 919. The number of esters is 1. The van der Waals surface area contributed by atoms with E-state index in [0.29, 0.717) is 16.6 Å². The van der Waals surface area contributed by atoms with E-state index >= 15 is 0 Å². The Kier molecular flexibility index (Phi) is 4.39. The van der Waals surface area contributed by atoms with Crippen molar-refractivity contribution < 1.29 is 9.53 Å². The number of carbonyl (C=O) groups is 1. The number of fused-ring (bicyclic) bond motifs is 1. The maximum absolute atomic E-state index is 12.3. The molecule has 25 heavy (non-hydrogen) atoms. The van der Waals surface area contributed by atoms with Crippen LogP contribution in [0.3, 0.4) is 0 Å². The fraction of sp³-hybridized carbons (Fsp3) is 0.333. The van der Waals surface area contributed by atoms with E-state index in [4.69, 9.17) is 9.72 Å². The first-order chi connectivity index (χ1) is 11.9. The molecule has 3 aromatic rings. The molecule has 1 aromatic carbocycles. The fourth-order valence-electron chi connectivity index (χ4n) is 2.68. The molecule has 130 valence electrons. The number of aryl methyl sites for hydroxylation is 1. The van der Waals surface area contributed by atoms with Crippen LogP contribution in [0, 0.1) is 6.92 Å². The zero-order valence-corrected chi connectivity index (χ0v) is 15.0. The highest BCUT2D eigenvalue weighted by molar-refractivity contribution is 6.01. The van der Waals surface area contributed by atoms with Gasteiger partial charge in [-0.05, 0) is 32.9 Å². The van der Waals surface area contributed by atoms with Gasteiger partial charge in [-0.25, -0.2) is 14.8 Å². The Morgan fingerprint density at radius 1 is 1.24 bits per heavy atom. The number of hydrogen-bond acceptors (Lipinski definition) is 6. The van der Waals surface area contributed by atoms with Crippen LogP contribution in [0.5, 0.6) is 0 Å². The number of aromatic nitrogens is 4. The van der Waals surface area contributed by atoms with Crippen molar-refractivity contribution >= 4 is 22.8 Å². The number of ether oxygens (including phenoxy) is 1. The monoisotopic (exact) mass is 339 g/mol. The van der Waals surface area contributed by atoms with Crippen LogP contribution in [0.25, 0.3) is 22.2 Å². The van der Waals surface area contributed by atoms with Crippen molar-refractivity contribution in [2.45, 2.75) is 26.8 Å². The lowest BCUT2D eigenvalue weighted by atomic mass is 10.0. The van der Waals surface area contributed by atoms with E-state index < -0.39 is 5.97 Å². The molecule has 2 heterocycles. The average molecular weight is 339 g/mol. The van der Waals surface area contributed by atoms with Gasteiger partial charge in [0.15, 0.2) is 5.82 Å². The van der Waals surface area contributed by atoms with Gasteiger partial charge in [-0.15, -0.1) is 0 Å². The molecule has 7 heteroatoms. The Hall–Kier alpha value is -2.96. The quantitative estimate of drug-likeness (QED) is 0.736. The molecular weight excluding hydrogens is 318 g/mol. The minimum Gasteiger partial charge on any atom is -0.465 e. The molecule has 0 saturated heterocycles. The maximum atomic E-state index is 12.3. The second-order valence-corrected chi connectivity index (χ2v) is 6.20. The third-order valence-corrected chi connectivity index (χ3v) is 4.28. The van der Waals surface area contributed by atoms with E-state index in [1.54, 1.807) is 18.5 Å². The average Bonchev–Trinajstić information content (AvgIpc) is 3.13. The summed E-state index contributed by atoms with van der Waals surface area (Å²) in [6.45, 7) is 6.12. The largest absolute Gasteiger partial charge is 0.465 e. The van der Waals surface area contributed by atoms with Gasteiger partial charge in [-0.2, -0.15) is 5.10 Å². The van der Waals surface area contributed by atoms with Gasteiger partial charge in [0.2, 0.25) is 0 Å². The molecule has 0 unspecified atom stereocenters. The molecule has 0 radical (unpaired) electrons. The zero-order chi connectivity index (χ0) is 18.1. The lowest BCUT2D eigenvalue weighted by Crippen LogP contribution is -2.27. The number of H-pyrrole nitrogens is 1. The third-order valence-electron chi connectivity index (χ3n) is 4.28. The Morgan fingerprint density at radius 3 is 2.56 bits per heavy atom. The van der Waals surface area contributed by atoms with E-state index in [-0.39, 0.29) is 6.04 Å². The first-order valence-corrected chi connectivity index (χ1v) is 8.05. The van der Waals surface area contributed by atoms with E-state index in [0.717, 1.165) is 22.6 Å². The van der Waals surface area contributed by atoms with Crippen molar-refractivity contribution in [2.75, 3.05) is 19.1 Å². The van der Waals surface area contributed by atoms with Crippen molar-refractivity contribution in [1.82, 2.24) is 20.2 Å². The summed E-state index contributed by atoms with van der Waals surface area (Å²) in [5.41, 5.74) is 4.17. The zero-order valence-electron chi connectivity index (χ0n) is 15.0. The molecule has 0 amide bonds. The summed E-state index contributed by atoms with van der Waals surface area (Å²) in [7, 11) is 3.35. The van der Waals surface area contributed by atoms with E-state index in [9.17, 15) is 4.79 Å². The molecule has 0 saturated carbocycles. The molecule has 0 aliphatic rings. The van der Waals surface area contributed by atoms with Crippen LogP contribution in [-0.2, 0) is 4.74 Å². The van der Waals surface area contributed by atoms with Crippen LogP contribution >= 0.6 is 0 Å². The summed E-state index contributed by atoms with van der Waals surface area (Å²) in [5.74, 6) is 0.383. The lowest BCUT2D eigenvalue weighted by molar-refractivity contribution is 0.0602. The topological polar surface area (TPSA) is 84.0 Å². The minimum atomic E-state index is -0.417. The summed E-state index contributed by atoms with van der Waals surface area (Å²) >= 11 is 0. The van der Waals surface area contributed by atoms with Crippen molar-refractivity contribution in [3.05, 3.63) is 35.8 Å². The van der Waals surface area contributed by atoms with Crippen molar-refractivity contribution in [1.29, 1.82) is 0 Å². The van der Waals surface area contributed by atoms with E-state index in [2.05, 4.69) is 33.9 Å². The van der Waals surface area contributed by atoms with Crippen LogP contribution in [-0.4, -0.2) is 46.3 Å². The van der Waals surface area contributed by atoms with Crippen LogP contribution in [0.2, 0.25) is 0 Å². The predicted molar refractivity (Wildman–Crippen MR) is 96.7 cm³/mol. The molecule has 3 rings (SSSR count). The fourth-order valence-corrected chi connectivity index (χ4v) is 2.68. The van der Waals surface area contributed by atoms with E-state index in [1.165, 1.54) is 7.11 Å². The molecule has 1 N–H and O–H groups in total. The number of benzene rings is 1. The minimum absolute atomic E-state index is 0.288. The second kappa shape index (κ2) is 6.51. The van der Waals surface area contributed by atoms with Gasteiger partial charge in [-0.3, -0.25) is 5.10 Å². The highest BCUT2D eigenvalue weighted by Crippen LogP contribution is 2.29. The highest BCUT2D eigenvalue weighted by Gasteiger charge is 2.19. The number of hydrogen-bond donors (Lipinski definition) is 1. The van der Waals surface area contributed by atoms with Gasteiger partial charge in [0.25, 0.3) is 0 Å². The van der Waals surface area contributed by atoms with Crippen LogP contribution < -0.4 is 4.90 Å². The summed E-state index contributed by atoms with van der Waals surface area (Å²) in [6.07, 6.45) is 3.39. The molecule has 7 nitrogen and oxygen atoms in total. The Labute approximate surface area is 146 Å². The predicted octanol–water partition coefficient (Wildman–Crippen LogP) is 2.96. The third kappa shape index (κ3) is 3.05. The molecule has 0 atom stereocenters. The van der Waals surface area contributed by atoms with Gasteiger partial charge in [0.05, 0.1) is 35.6 Å². The van der Waals surface area contributed by atoms with E-state index in [1.807, 2.05) is 20.0 Å². The summed E-state index contributed by atoms with van der Waals surface area (Å²) in [4.78, 5) is 23.7. The smallest absolute Gasteiger partial charge is 0.338 e. The lowest BCUT2D eigenvalue weighted by Gasteiger charge is -2.24. The normalized spacial score (nSPS) is 11.1. The molecule has 2 aromatic heterocycles. The molecular formula is C18H21N5O2. The molecule has 0 aliphatic carbocycles. The molecule has 0 bridgehead atoms. The molecule has 0 fully saturated rings. The maximum Gasteiger partial charge on any atom is 0.338 e. The van der Waals surface area contributed by atoms with Crippen LogP contribution in [0.15, 0.2) is 24.5 Å². The number of methoxy groups -OCH3 is 1. The van der Waals surface area contributed by atoms with Crippen molar-refractivity contribution in [2.24, 2.45) is 0 Å². The summed E-state index contributed by atoms with van der Waals surface area (Å²) in [5, 5.41) is 6.72. The molecule has 0 spiro atoms. The number of aromatic amines is 1. The van der Waals surface area contributed by atoms with Gasteiger partial charge in [0, 0.05) is 30.4 Å². The second-order valence-electron chi connectivity index (χ2n) is 6.20. The highest BCUT2D eigenvalue weighted by atomic mass is 16.5. The number of nitrogens with zero attached hydrogens (tertiary/aromatic N) is 4. The molecule has 0 aliphatic heterocycles. The standard InChI is InChI=1S/C18H21N5O2/c1-10(2)23(4)17-11(3)21-15-6-13(12-8-19-20-9-12)14(18(24)25-5)7-16(15)22-17/h6-10H,1-5H3,(H,19,20). The number of rotatable bonds is 4. The number of carbonyl (C=O) groups excluding carboxylic acids is 1. The number of anilines is 1. The summed E-state index contributed by atoms with van der Waals surface area (Å²) in [6, 6.07) is 3.87. The van der Waals surface area contributed by atoms with Crippen molar-refractivity contribution in [3.63, 3.8) is 0 Å². The Morgan fingerprint density at radius 2 is 1.96 bits per heavy atom. The van der Waals surface area contributed by atoms with Crippen molar-refractivity contribution in [3.8, 4) is 11.1 Å². The first kappa shape index (κ1) is 16.9.